The van der Waals surface area contributed by atoms with Crippen LogP contribution in [0.5, 0.6) is 0 Å². The van der Waals surface area contributed by atoms with Crippen molar-refractivity contribution in [2.24, 2.45) is 0 Å². The number of allylic oxidation sites excluding steroid dienone is 4. The van der Waals surface area contributed by atoms with Gasteiger partial charge in [-0.25, -0.2) is 0 Å². The highest BCUT2D eigenvalue weighted by Crippen LogP contribution is 2.18. The van der Waals surface area contributed by atoms with Crippen LogP contribution in [0.1, 0.15) is 25.3 Å². The normalized spacial score (nSPS) is 11.1. The van der Waals surface area contributed by atoms with Crippen molar-refractivity contribution in [3.05, 3.63) is 66.8 Å². The van der Waals surface area contributed by atoms with Crippen LogP contribution >= 0.6 is 0 Å². The minimum atomic E-state index is 1.05. The van der Waals surface area contributed by atoms with E-state index in [9.17, 15) is 0 Å². The number of hydrogen-bond acceptors (Lipinski definition) is 0. The molecule has 0 amide bonds. The van der Waals surface area contributed by atoms with Crippen LogP contribution in [0.4, 0.5) is 0 Å². The average Bonchev–Trinajstić information content (AvgIpc) is 2.27. The molecule has 0 unspecified atom stereocenters. The maximum Gasteiger partial charge on any atom is -0.0184 e. The van der Waals surface area contributed by atoms with Gasteiger partial charge in [-0.05, 0) is 17.6 Å². The van der Waals surface area contributed by atoms with Gasteiger partial charge >= 0.3 is 0 Å². The zero-order valence-corrected chi connectivity index (χ0v) is 9.37. The summed E-state index contributed by atoms with van der Waals surface area (Å²) in [5.74, 6) is 0. The Bertz CT molecular complexity index is 355. The van der Waals surface area contributed by atoms with E-state index in [0.29, 0.717) is 0 Å². The molecule has 0 N–H and O–H groups in total. The van der Waals surface area contributed by atoms with Crippen molar-refractivity contribution in [2.75, 3.05) is 0 Å². The maximum absolute atomic E-state index is 4.03. The Labute approximate surface area is 92.6 Å². The monoisotopic (exact) mass is 198 g/mol. The summed E-state index contributed by atoms with van der Waals surface area (Å²) in [7, 11) is 0. The summed E-state index contributed by atoms with van der Waals surface area (Å²) in [4.78, 5) is 0. The topological polar surface area (TPSA) is 0 Å². The molecule has 0 heteroatoms. The fourth-order valence-corrected chi connectivity index (χ4v) is 1.50. The van der Waals surface area contributed by atoms with Gasteiger partial charge in [-0.1, -0.05) is 74.6 Å². The molecule has 0 nitrogen and oxygen atoms in total. The average molecular weight is 198 g/mol. The molecule has 0 bridgehead atoms. The van der Waals surface area contributed by atoms with Crippen molar-refractivity contribution in [2.45, 2.75) is 19.8 Å². The molecule has 0 aromatic heterocycles. The second-order valence-corrected chi connectivity index (χ2v) is 3.58. The lowest BCUT2D eigenvalue weighted by Gasteiger charge is -2.03. The Morgan fingerprint density at radius 1 is 1.27 bits per heavy atom. The summed E-state index contributed by atoms with van der Waals surface area (Å²) in [5, 5.41) is 0. The third-order valence-corrected chi connectivity index (χ3v) is 2.26. The van der Waals surface area contributed by atoms with Crippen molar-refractivity contribution in [1.82, 2.24) is 0 Å². The second-order valence-electron chi connectivity index (χ2n) is 3.58. The van der Waals surface area contributed by atoms with E-state index in [2.05, 4.69) is 38.3 Å². The van der Waals surface area contributed by atoms with E-state index in [0.717, 1.165) is 24.0 Å². The van der Waals surface area contributed by atoms with Gasteiger partial charge in [0.1, 0.15) is 0 Å². The predicted octanol–water partition coefficient (Wildman–Crippen LogP) is 4.61. The van der Waals surface area contributed by atoms with Gasteiger partial charge in [0, 0.05) is 0 Å². The summed E-state index contributed by atoms with van der Waals surface area (Å²) in [6.07, 6.45) is 6.18. The third kappa shape index (κ3) is 3.59. The van der Waals surface area contributed by atoms with E-state index in [4.69, 9.17) is 0 Å². The van der Waals surface area contributed by atoms with Crippen molar-refractivity contribution in [3.63, 3.8) is 0 Å². The summed E-state index contributed by atoms with van der Waals surface area (Å²) >= 11 is 0. The van der Waals surface area contributed by atoms with Crippen molar-refractivity contribution < 1.29 is 0 Å². The molecule has 0 saturated carbocycles. The van der Waals surface area contributed by atoms with Crippen LogP contribution in [0, 0.1) is 0 Å². The first kappa shape index (κ1) is 11.5. The van der Waals surface area contributed by atoms with E-state index >= 15 is 0 Å². The smallest absolute Gasteiger partial charge is 0.0184 e. The molecule has 0 spiro atoms. The van der Waals surface area contributed by atoms with Crippen molar-refractivity contribution in [3.8, 4) is 0 Å². The summed E-state index contributed by atoms with van der Waals surface area (Å²) in [6, 6.07) is 10.3. The van der Waals surface area contributed by atoms with E-state index in [-0.39, 0.29) is 0 Å². The number of rotatable bonds is 5. The molecule has 0 atom stereocenters. The van der Waals surface area contributed by atoms with Crippen molar-refractivity contribution >= 4 is 5.57 Å². The lowest BCUT2D eigenvalue weighted by Crippen LogP contribution is -1.82. The van der Waals surface area contributed by atoms with Crippen LogP contribution in [0.3, 0.4) is 0 Å². The molecular weight excluding hydrogens is 180 g/mol. The first-order valence-electron chi connectivity index (χ1n) is 5.35. The Morgan fingerprint density at radius 3 is 2.47 bits per heavy atom. The molecule has 0 aliphatic heterocycles. The van der Waals surface area contributed by atoms with Gasteiger partial charge in [-0.2, -0.15) is 0 Å². The lowest BCUT2D eigenvalue weighted by molar-refractivity contribution is 0.930. The second kappa shape index (κ2) is 6.02. The van der Waals surface area contributed by atoms with Crippen LogP contribution in [0.25, 0.3) is 5.57 Å². The minimum absolute atomic E-state index is 1.05. The zero-order chi connectivity index (χ0) is 11.1. The fourth-order valence-electron chi connectivity index (χ4n) is 1.50. The summed E-state index contributed by atoms with van der Waals surface area (Å²) in [6.45, 7) is 10.0. The Morgan fingerprint density at radius 2 is 1.93 bits per heavy atom. The summed E-state index contributed by atoms with van der Waals surface area (Å²) in [5.41, 5.74) is 3.51. The SMILES string of the molecule is C=C/C(=C\C(=C)CCC)c1ccccc1. The van der Waals surface area contributed by atoms with E-state index in [1.54, 1.807) is 0 Å². The van der Waals surface area contributed by atoms with Gasteiger partial charge in [-0.15, -0.1) is 0 Å². The van der Waals surface area contributed by atoms with Gasteiger partial charge in [0.15, 0.2) is 0 Å². The Hall–Kier alpha value is -1.56. The fraction of sp³-hybridized carbons (Fsp3) is 0.200. The lowest BCUT2D eigenvalue weighted by atomic mass is 10.0. The molecule has 1 aromatic rings. The van der Waals surface area contributed by atoms with Crippen LogP contribution in [0.2, 0.25) is 0 Å². The van der Waals surface area contributed by atoms with Gasteiger partial charge in [0.2, 0.25) is 0 Å². The molecule has 0 aliphatic carbocycles. The standard InChI is InChI=1S/C15H18/c1-4-9-13(3)12-14(5-2)15-10-7-6-8-11-15/h5-8,10-12H,2-4,9H2,1H3/b14-12+. The maximum atomic E-state index is 4.03. The quantitative estimate of drug-likeness (QED) is 0.606. The Balaban J connectivity index is 2.89. The zero-order valence-electron chi connectivity index (χ0n) is 9.37. The number of benzene rings is 1. The van der Waals surface area contributed by atoms with Gasteiger partial charge in [0.25, 0.3) is 0 Å². The minimum Gasteiger partial charge on any atom is -0.0984 e. The highest BCUT2D eigenvalue weighted by molar-refractivity contribution is 5.75. The van der Waals surface area contributed by atoms with Crippen LogP contribution in [0.15, 0.2) is 61.2 Å². The van der Waals surface area contributed by atoms with E-state index in [1.807, 2.05) is 24.3 Å². The van der Waals surface area contributed by atoms with Gasteiger partial charge in [-0.3, -0.25) is 0 Å². The largest absolute Gasteiger partial charge is 0.0984 e. The molecule has 78 valence electrons. The molecule has 0 heterocycles. The van der Waals surface area contributed by atoms with E-state index < -0.39 is 0 Å². The van der Waals surface area contributed by atoms with Crippen LogP contribution in [-0.4, -0.2) is 0 Å². The molecule has 0 radical (unpaired) electrons. The molecule has 1 aromatic carbocycles. The predicted molar refractivity (Wildman–Crippen MR) is 68.7 cm³/mol. The van der Waals surface area contributed by atoms with Crippen LogP contribution in [-0.2, 0) is 0 Å². The first-order valence-corrected chi connectivity index (χ1v) is 5.35. The van der Waals surface area contributed by atoms with E-state index in [1.165, 1.54) is 5.56 Å². The van der Waals surface area contributed by atoms with Crippen LogP contribution < -0.4 is 0 Å². The van der Waals surface area contributed by atoms with Crippen molar-refractivity contribution in [1.29, 1.82) is 0 Å². The first-order chi connectivity index (χ1) is 7.27. The van der Waals surface area contributed by atoms with Gasteiger partial charge in [0.05, 0.1) is 0 Å². The molecule has 0 fully saturated rings. The highest BCUT2D eigenvalue weighted by Gasteiger charge is 1.96. The highest BCUT2D eigenvalue weighted by atomic mass is 14.0. The molecule has 0 aliphatic rings. The molecular formula is C15H18. The van der Waals surface area contributed by atoms with Gasteiger partial charge < -0.3 is 0 Å². The molecule has 1 rings (SSSR count). The third-order valence-electron chi connectivity index (χ3n) is 2.26. The number of hydrogen-bond donors (Lipinski definition) is 0. The molecule has 15 heavy (non-hydrogen) atoms. The Kier molecular flexibility index (Phi) is 4.62. The summed E-state index contributed by atoms with van der Waals surface area (Å²) < 4.78 is 0. The molecule has 0 saturated heterocycles.